The van der Waals surface area contributed by atoms with Gasteiger partial charge in [-0.25, -0.2) is 0 Å². The molecule has 2 saturated carbocycles. The Labute approximate surface area is 73.5 Å². The van der Waals surface area contributed by atoms with Gasteiger partial charge in [-0.3, -0.25) is 4.79 Å². The summed E-state index contributed by atoms with van der Waals surface area (Å²) in [5.74, 6) is 1.01. The largest absolute Gasteiger partial charge is 0.319 e. The molecule has 2 rings (SSSR count). The first kappa shape index (κ1) is 8.24. The van der Waals surface area contributed by atoms with E-state index < -0.39 is 5.54 Å². The molecule has 0 aromatic carbocycles. The Morgan fingerprint density at radius 2 is 2.00 bits per heavy atom. The van der Waals surface area contributed by atoms with Crippen molar-refractivity contribution < 1.29 is 4.79 Å². The Hall–Kier alpha value is -0.370. The molecular formula is C10H17NO. The van der Waals surface area contributed by atoms with Crippen LogP contribution in [0, 0.1) is 5.92 Å². The van der Waals surface area contributed by atoms with Crippen LogP contribution in [0.1, 0.15) is 44.9 Å². The number of hydrogen-bond donors (Lipinski definition) is 1. The lowest BCUT2D eigenvalue weighted by Crippen LogP contribution is -2.54. The molecule has 12 heavy (non-hydrogen) atoms. The van der Waals surface area contributed by atoms with Crippen LogP contribution >= 0.6 is 0 Å². The van der Waals surface area contributed by atoms with E-state index >= 15 is 0 Å². The molecule has 2 N–H and O–H groups in total. The van der Waals surface area contributed by atoms with Crippen molar-refractivity contribution in [3.63, 3.8) is 0 Å². The van der Waals surface area contributed by atoms with Gasteiger partial charge in [-0.15, -0.1) is 0 Å². The minimum atomic E-state index is -0.393. The zero-order valence-electron chi connectivity index (χ0n) is 7.51. The van der Waals surface area contributed by atoms with Crippen LogP contribution in [0.15, 0.2) is 0 Å². The van der Waals surface area contributed by atoms with Gasteiger partial charge in [0.25, 0.3) is 0 Å². The minimum Gasteiger partial charge on any atom is -0.319 e. The molecule has 0 atom stereocenters. The lowest BCUT2D eigenvalue weighted by Gasteiger charge is -2.38. The van der Waals surface area contributed by atoms with Crippen molar-refractivity contribution in [2.24, 2.45) is 11.7 Å². The lowest BCUT2D eigenvalue weighted by atomic mass is 9.70. The summed E-state index contributed by atoms with van der Waals surface area (Å²) in [7, 11) is 0. The van der Waals surface area contributed by atoms with E-state index in [-0.39, 0.29) is 0 Å². The monoisotopic (exact) mass is 167 g/mol. The van der Waals surface area contributed by atoms with E-state index in [0.29, 0.717) is 11.7 Å². The maximum Gasteiger partial charge on any atom is 0.152 e. The number of hydrogen-bond acceptors (Lipinski definition) is 2. The van der Waals surface area contributed by atoms with E-state index in [0.717, 1.165) is 25.7 Å². The second-order valence-electron chi connectivity index (χ2n) is 4.43. The van der Waals surface area contributed by atoms with Gasteiger partial charge in [0.2, 0.25) is 0 Å². The molecule has 0 bridgehead atoms. The molecule has 0 saturated heterocycles. The molecule has 0 amide bonds. The summed E-state index contributed by atoms with van der Waals surface area (Å²) in [6, 6.07) is 0. The number of nitrogens with two attached hydrogens (primary N) is 1. The Morgan fingerprint density at radius 1 is 1.33 bits per heavy atom. The van der Waals surface area contributed by atoms with Crippen LogP contribution in [0.2, 0.25) is 0 Å². The molecule has 2 nitrogen and oxygen atoms in total. The third-order valence-corrected chi connectivity index (χ3v) is 3.50. The minimum absolute atomic E-state index is 0.332. The zero-order chi connectivity index (χ0) is 8.60. The average molecular weight is 167 g/mol. The Bertz CT molecular complexity index is 192. The van der Waals surface area contributed by atoms with Crippen molar-refractivity contribution in [1.29, 1.82) is 0 Å². The maximum atomic E-state index is 11.6. The van der Waals surface area contributed by atoms with Crippen LogP contribution < -0.4 is 5.73 Å². The van der Waals surface area contributed by atoms with Crippen molar-refractivity contribution >= 4 is 5.78 Å². The second kappa shape index (κ2) is 2.84. The summed E-state index contributed by atoms with van der Waals surface area (Å²) in [6.07, 6.45) is 7.58. The van der Waals surface area contributed by atoms with Gasteiger partial charge >= 0.3 is 0 Å². The van der Waals surface area contributed by atoms with Crippen LogP contribution in [-0.2, 0) is 4.79 Å². The van der Waals surface area contributed by atoms with Crippen LogP contribution in [-0.4, -0.2) is 11.3 Å². The van der Waals surface area contributed by atoms with E-state index in [1.807, 2.05) is 0 Å². The molecule has 2 aliphatic rings. The standard InChI is InChI=1S/C10H17NO/c11-10(5-2-6-10)9(12)7-8-3-1-4-8/h8H,1-7,11H2. The van der Waals surface area contributed by atoms with Crippen LogP contribution in [0.4, 0.5) is 0 Å². The maximum absolute atomic E-state index is 11.6. The zero-order valence-corrected chi connectivity index (χ0v) is 7.51. The predicted octanol–water partition coefficient (Wildman–Crippen LogP) is 1.63. The summed E-state index contributed by atoms with van der Waals surface area (Å²) in [5.41, 5.74) is 5.53. The van der Waals surface area contributed by atoms with Gasteiger partial charge in [0, 0.05) is 6.42 Å². The van der Waals surface area contributed by atoms with Gasteiger partial charge < -0.3 is 5.73 Å². The molecule has 0 aromatic rings. The molecular weight excluding hydrogens is 150 g/mol. The van der Waals surface area contributed by atoms with E-state index in [9.17, 15) is 4.79 Å². The number of ketones is 1. The average Bonchev–Trinajstić information content (AvgIpc) is 1.91. The normalized spacial score (nSPS) is 27.4. The van der Waals surface area contributed by atoms with E-state index in [2.05, 4.69) is 0 Å². The van der Waals surface area contributed by atoms with Crippen molar-refractivity contribution in [2.75, 3.05) is 0 Å². The van der Waals surface area contributed by atoms with Crippen LogP contribution in [0.25, 0.3) is 0 Å². The first-order valence-electron chi connectivity index (χ1n) is 5.03. The van der Waals surface area contributed by atoms with E-state index in [1.54, 1.807) is 0 Å². The van der Waals surface area contributed by atoms with Gasteiger partial charge in [0.15, 0.2) is 5.78 Å². The van der Waals surface area contributed by atoms with Crippen molar-refractivity contribution in [3.05, 3.63) is 0 Å². The highest BCUT2D eigenvalue weighted by molar-refractivity contribution is 5.89. The van der Waals surface area contributed by atoms with Crippen molar-refractivity contribution in [3.8, 4) is 0 Å². The summed E-state index contributed by atoms with van der Waals surface area (Å²) >= 11 is 0. The Morgan fingerprint density at radius 3 is 2.33 bits per heavy atom. The first-order valence-corrected chi connectivity index (χ1v) is 5.03. The quantitative estimate of drug-likeness (QED) is 0.694. The van der Waals surface area contributed by atoms with Gasteiger partial charge in [-0.2, -0.15) is 0 Å². The Kier molecular flexibility index (Phi) is 1.95. The summed E-state index contributed by atoms with van der Waals surface area (Å²) in [4.78, 5) is 11.6. The molecule has 0 spiro atoms. The summed E-state index contributed by atoms with van der Waals surface area (Å²) in [5, 5.41) is 0. The molecule has 0 aromatic heterocycles. The third-order valence-electron chi connectivity index (χ3n) is 3.50. The molecule has 0 aliphatic heterocycles. The SMILES string of the molecule is NC1(C(=O)CC2CCC2)CCC1. The highest BCUT2D eigenvalue weighted by Crippen LogP contribution is 2.36. The van der Waals surface area contributed by atoms with Crippen LogP contribution in [0.5, 0.6) is 0 Å². The van der Waals surface area contributed by atoms with Gasteiger partial charge in [0.1, 0.15) is 0 Å². The number of Topliss-reactive ketones (excluding diaryl/α,β-unsaturated/α-hetero) is 1. The Balaban J connectivity index is 1.82. The topological polar surface area (TPSA) is 43.1 Å². The van der Waals surface area contributed by atoms with Crippen molar-refractivity contribution in [1.82, 2.24) is 0 Å². The van der Waals surface area contributed by atoms with Crippen LogP contribution in [0.3, 0.4) is 0 Å². The van der Waals surface area contributed by atoms with Crippen molar-refractivity contribution in [2.45, 2.75) is 50.5 Å². The molecule has 0 unspecified atom stereocenters. The first-order chi connectivity index (χ1) is 5.71. The summed E-state index contributed by atoms with van der Waals surface area (Å²) in [6.45, 7) is 0. The highest BCUT2D eigenvalue weighted by Gasteiger charge is 2.40. The number of carbonyl (C=O) groups is 1. The molecule has 2 heteroatoms. The molecule has 68 valence electrons. The molecule has 0 radical (unpaired) electrons. The predicted molar refractivity (Wildman–Crippen MR) is 47.7 cm³/mol. The lowest BCUT2D eigenvalue weighted by molar-refractivity contribution is -0.128. The molecule has 2 aliphatic carbocycles. The number of rotatable bonds is 3. The molecule has 0 heterocycles. The smallest absolute Gasteiger partial charge is 0.152 e. The van der Waals surface area contributed by atoms with E-state index in [1.165, 1.54) is 19.3 Å². The second-order valence-corrected chi connectivity index (χ2v) is 4.43. The van der Waals surface area contributed by atoms with Gasteiger partial charge in [0.05, 0.1) is 5.54 Å². The fraction of sp³-hybridized carbons (Fsp3) is 0.900. The van der Waals surface area contributed by atoms with Gasteiger partial charge in [-0.1, -0.05) is 19.3 Å². The molecule has 2 fully saturated rings. The van der Waals surface area contributed by atoms with E-state index in [4.69, 9.17) is 5.73 Å². The van der Waals surface area contributed by atoms with Gasteiger partial charge in [-0.05, 0) is 25.2 Å². The highest BCUT2D eigenvalue weighted by atomic mass is 16.1. The third kappa shape index (κ3) is 1.28. The summed E-state index contributed by atoms with van der Waals surface area (Å²) < 4.78 is 0. The fourth-order valence-corrected chi connectivity index (χ4v) is 2.00. The fourth-order valence-electron chi connectivity index (χ4n) is 2.00. The number of carbonyl (C=O) groups excluding carboxylic acids is 1.